The molecule has 0 saturated carbocycles. The van der Waals surface area contributed by atoms with Crippen molar-refractivity contribution in [2.24, 2.45) is 0 Å². The predicted molar refractivity (Wildman–Crippen MR) is 53.5 cm³/mol. The smallest absolute Gasteiger partial charge is 0.248 e. The molecule has 1 saturated heterocycles. The number of nitrogens with one attached hydrogen (secondary N) is 1. The summed E-state index contributed by atoms with van der Waals surface area (Å²) < 4.78 is 4.46. The Kier molecular flexibility index (Phi) is 2.59. The average Bonchev–Trinajstić information content (AvgIpc) is 2.77. The first-order valence-electron chi connectivity index (χ1n) is 4.95. The minimum absolute atomic E-state index is 0.0184. The van der Waals surface area contributed by atoms with Gasteiger partial charge in [0.1, 0.15) is 11.7 Å². The Morgan fingerprint density at radius 2 is 2.31 bits per heavy atom. The second kappa shape index (κ2) is 3.92. The quantitative estimate of drug-likeness (QED) is 0.760. The van der Waals surface area contributed by atoms with Crippen LogP contribution in [0.5, 0.6) is 0 Å². The van der Waals surface area contributed by atoms with Gasteiger partial charge < -0.3 is 10.2 Å². The summed E-state index contributed by atoms with van der Waals surface area (Å²) in [6, 6.07) is -0.427. The Morgan fingerprint density at radius 1 is 1.56 bits per heavy atom. The van der Waals surface area contributed by atoms with E-state index in [1.165, 1.54) is 4.90 Å². The molecule has 0 aliphatic carbocycles. The van der Waals surface area contributed by atoms with Gasteiger partial charge >= 0.3 is 0 Å². The van der Waals surface area contributed by atoms with E-state index in [4.69, 9.17) is 0 Å². The number of carbonyl (C=O) groups excluding carboxylic acids is 2. The van der Waals surface area contributed by atoms with Crippen LogP contribution in [0.3, 0.4) is 0 Å². The van der Waals surface area contributed by atoms with Gasteiger partial charge in [0, 0.05) is 13.5 Å². The Labute approximate surface area is 91.7 Å². The van der Waals surface area contributed by atoms with Gasteiger partial charge in [-0.1, -0.05) is 5.16 Å². The van der Waals surface area contributed by atoms with E-state index in [0.29, 0.717) is 24.4 Å². The van der Waals surface area contributed by atoms with Crippen LogP contribution in [0.25, 0.3) is 0 Å². The van der Waals surface area contributed by atoms with Gasteiger partial charge in [-0.05, 0) is 18.5 Å². The summed E-state index contributed by atoms with van der Waals surface area (Å²) >= 11 is 0. The normalized spacial score (nSPS) is 20.2. The lowest BCUT2D eigenvalue weighted by molar-refractivity contribution is -0.131. The average molecular weight is 224 g/mol. The molecule has 0 bridgehead atoms. The van der Waals surface area contributed by atoms with Gasteiger partial charge in [0.15, 0.2) is 5.82 Å². The molecule has 7 nitrogen and oxygen atoms in total. The Bertz CT molecular complexity index is 428. The molecule has 0 unspecified atom stereocenters. The molecule has 2 heterocycles. The maximum Gasteiger partial charge on any atom is 0.248 e. The fraction of sp³-hybridized carbons (Fsp3) is 0.556. The van der Waals surface area contributed by atoms with Crippen molar-refractivity contribution in [3.8, 4) is 0 Å². The lowest BCUT2D eigenvalue weighted by Gasteiger charge is -2.18. The molecular formula is C9H12N4O3. The predicted octanol–water partition coefficient (Wildman–Crippen LogP) is -0.0627. The summed E-state index contributed by atoms with van der Waals surface area (Å²) in [5.74, 6) is 0.0278. The monoisotopic (exact) mass is 224 g/mol. The standard InChI is InChI=1S/C9H12N4O3/c1-5-8(12-16-11-5)10-9(15)6-3-4-7(14)13(6)2/h6H,3-4H2,1-2H3,(H,10,12,15)/t6-/m0/s1. The number of aromatic nitrogens is 2. The number of likely N-dealkylation sites (N-methyl/N-ethyl adjacent to an activating group) is 1. The van der Waals surface area contributed by atoms with Crippen molar-refractivity contribution in [2.75, 3.05) is 12.4 Å². The molecule has 2 amide bonds. The highest BCUT2D eigenvalue weighted by molar-refractivity contribution is 5.98. The summed E-state index contributed by atoms with van der Waals surface area (Å²) in [5.41, 5.74) is 0.514. The van der Waals surface area contributed by atoms with E-state index in [1.54, 1.807) is 14.0 Å². The van der Waals surface area contributed by atoms with Gasteiger partial charge in [0.25, 0.3) is 0 Å². The third-order valence-electron chi connectivity index (χ3n) is 2.69. The third-order valence-corrected chi connectivity index (χ3v) is 2.69. The van der Waals surface area contributed by atoms with Gasteiger partial charge in [-0.25, -0.2) is 4.63 Å². The van der Waals surface area contributed by atoms with E-state index < -0.39 is 6.04 Å². The highest BCUT2D eigenvalue weighted by atomic mass is 16.6. The molecule has 86 valence electrons. The van der Waals surface area contributed by atoms with Gasteiger partial charge in [-0.2, -0.15) is 0 Å². The first kappa shape index (κ1) is 10.6. The van der Waals surface area contributed by atoms with Crippen LogP contribution < -0.4 is 5.32 Å². The summed E-state index contributed by atoms with van der Waals surface area (Å²) in [6.45, 7) is 1.68. The van der Waals surface area contributed by atoms with Crippen LogP contribution in [0.4, 0.5) is 5.82 Å². The van der Waals surface area contributed by atoms with Crippen LogP contribution in [0.1, 0.15) is 18.5 Å². The number of nitrogens with zero attached hydrogens (tertiary/aromatic N) is 3. The second-order valence-corrected chi connectivity index (χ2v) is 3.75. The molecule has 1 N–H and O–H groups in total. The molecular weight excluding hydrogens is 212 g/mol. The van der Waals surface area contributed by atoms with E-state index in [2.05, 4.69) is 20.3 Å². The molecule has 0 spiro atoms. The summed E-state index contributed by atoms with van der Waals surface area (Å²) in [4.78, 5) is 24.5. The topological polar surface area (TPSA) is 88.3 Å². The van der Waals surface area contributed by atoms with Crippen LogP contribution in [-0.2, 0) is 9.59 Å². The maximum atomic E-state index is 11.8. The van der Waals surface area contributed by atoms with Gasteiger partial charge in [-0.15, -0.1) is 0 Å². The van der Waals surface area contributed by atoms with E-state index >= 15 is 0 Å². The molecule has 1 aliphatic heterocycles. The zero-order valence-electron chi connectivity index (χ0n) is 9.06. The highest BCUT2D eigenvalue weighted by Gasteiger charge is 2.33. The van der Waals surface area contributed by atoms with Crippen LogP contribution in [0, 0.1) is 6.92 Å². The van der Waals surface area contributed by atoms with Crippen molar-refractivity contribution < 1.29 is 14.2 Å². The van der Waals surface area contributed by atoms with Crippen molar-refractivity contribution in [3.05, 3.63) is 5.69 Å². The van der Waals surface area contributed by atoms with Gasteiger partial charge in [0.2, 0.25) is 11.8 Å². The molecule has 0 aromatic carbocycles. The maximum absolute atomic E-state index is 11.8. The molecule has 1 aromatic rings. The molecule has 16 heavy (non-hydrogen) atoms. The molecule has 1 fully saturated rings. The molecule has 1 aliphatic rings. The highest BCUT2D eigenvalue weighted by Crippen LogP contribution is 2.18. The van der Waals surface area contributed by atoms with E-state index in [-0.39, 0.29) is 11.8 Å². The largest absolute Gasteiger partial charge is 0.334 e. The van der Waals surface area contributed by atoms with Crippen molar-refractivity contribution in [2.45, 2.75) is 25.8 Å². The van der Waals surface area contributed by atoms with Crippen LogP contribution in [0.2, 0.25) is 0 Å². The third kappa shape index (κ3) is 1.75. The van der Waals surface area contributed by atoms with Crippen molar-refractivity contribution in [1.82, 2.24) is 15.2 Å². The lowest BCUT2D eigenvalue weighted by atomic mass is 10.2. The molecule has 7 heteroatoms. The fourth-order valence-electron chi connectivity index (χ4n) is 1.66. The number of hydrogen-bond donors (Lipinski definition) is 1. The Balaban J connectivity index is 2.04. The van der Waals surface area contributed by atoms with E-state index in [0.717, 1.165) is 0 Å². The molecule has 1 atom stereocenters. The number of aryl methyl sites for hydroxylation is 1. The number of anilines is 1. The zero-order valence-corrected chi connectivity index (χ0v) is 9.06. The summed E-state index contributed by atoms with van der Waals surface area (Å²) in [6.07, 6.45) is 0.941. The molecule has 2 rings (SSSR count). The van der Waals surface area contributed by atoms with Crippen molar-refractivity contribution in [3.63, 3.8) is 0 Å². The van der Waals surface area contributed by atoms with Crippen LogP contribution in [0.15, 0.2) is 4.63 Å². The van der Waals surface area contributed by atoms with Gasteiger partial charge in [-0.3, -0.25) is 9.59 Å². The number of rotatable bonds is 2. The summed E-state index contributed by atoms with van der Waals surface area (Å²) in [7, 11) is 1.62. The van der Waals surface area contributed by atoms with Crippen LogP contribution >= 0.6 is 0 Å². The van der Waals surface area contributed by atoms with Crippen molar-refractivity contribution in [1.29, 1.82) is 0 Å². The van der Waals surface area contributed by atoms with E-state index in [9.17, 15) is 9.59 Å². The fourth-order valence-corrected chi connectivity index (χ4v) is 1.66. The number of amides is 2. The molecule has 0 radical (unpaired) electrons. The number of carbonyl (C=O) groups is 2. The number of likely N-dealkylation sites (tertiary alicyclic amines) is 1. The minimum atomic E-state index is -0.427. The van der Waals surface area contributed by atoms with Gasteiger partial charge in [0.05, 0.1) is 0 Å². The second-order valence-electron chi connectivity index (χ2n) is 3.75. The Hall–Kier alpha value is -1.92. The SMILES string of the molecule is Cc1nonc1NC(=O)[C@@H]1CCC(=O)N1C. The van der Waals surface area contributed by atoms with Crippen molar-refractivity contribution >= 4 is 17.6 Å². The lowest BCUT2D eigenvalue weighted by Crippen LogP contribution is -2.39. The van der Waals surface area contributed by atoms with Crippen LogP contribution in [-0.4, -0.2) is 40.1 Å². The molecule has 1 aromatic heterocycles. The summed E-state index contributed by atoms with van der Waals surface area (Å²) in [5, 5.41) is 9.68. The van der Waals surface area contributed by atoms with E-state index in [1.807, 2.05) is 0 Å². The Morgan fingerprint density at radius 3 is 2.81 bits per heavy atom. The minimum Gasteiger partial charge on any atom is -0.334 e. The zero-order chi connectivity index (χ0) is 11.7. The first-order chi connectivity index (χ1) is 7.59. The first-order valence-corrected chi connectivity index (χ1v) is 4.95. The number of hydrogen-bond acceptors (Lipinski definition) is 5.